The number of carbonyl (C=O) groups excluding carboxylic acids is 4. The van der Waals surface area contributed by atoms with Crippen molar-refractivity contribution in [3.8, 4) is 0 Å². The van der Waals surface area contributed by atoms with E-state index in [0.717, 1.165) is 96.3 Å². The summed E-state index contributed by atoms with van der Waals surface area (Å²) in [6, 6.07) is 0. The summed E-state index contributed by atoms with van der Waals surface area (Å²) in [6.07, 6.45) is 50.3. The molecule has 2 unspecified atom stereocenters. The topological polar surface area (TPSA) is 237 Å². The van der Waals surface area contributed by atoms with Crippen LogP contribution in [-0.4, -0.2) is 96.7 Å². The highest BCUT2D eigenvalue weighted by Crippen LogP contribution is 2.45. The number of unbranched alkanes of at least 4 members (excludes halogenated alkanes) is 43. The van der Waals surface area contributed by atoms with Gasteiger partial charge in [-0.05, 0) is 25.7 Å². The first-order chi connectivity index (χ1) is 42.2. The molecule has 19 heteroatoms. The van der Waals surface area contributed by atoms with Gasteiger partial charge in [0, 0.05) is 25.7 Å². The maximum absolute atomic E-state index is 13.0. The molecule has 0 saturated carbocycles. The van der Waals surface area contributed by atoms with Crippen molar-refractivity contribution in [2.45, 2.75) is 373 Å². The van der Waals surface area contributed by atoms with Gasteiger partial charge < -0.3 is 33.8 Å². The Kier molecular flexibility index (Phi) is 61.4. The standard InChI is InChI=1S/C68H132O17P2/c1-5-9-13-17-20-23-26-29-30-31-32-33-34-37-40-43-47-51-55-68(73)85-64(59-79-66(71)53-49-45-41-38-35-27-24-21-18-14-10-6-2)61-83-87(76,77)81-57-62(69)56-80-86(74,75)82-60-63(58-78-65(70)52-48-44-16-12-8-4)84-67(72)54-50-46-42-39-36-28-25-22-19-15-11-7-3/h62-64,69H,5-61H2,1-4H3,(H,74,75)(H,76,77)/t62-,63+,64+/m0/s1. The molecule has 0 radical (unpaired) electrons. The summed E-state index contributed by atoms with van der Waals surface area (Å²) in [6.45, 7) is 4.85. The Morgan fingerprint density at radius 1 is 0.276 bits per heavy atom. The van der Waals surface area contributed by atoms with Crippen LogP contribution in [-0.2, 0) is 65.4 Å². The second kappa shape index (κ2) is 62.8. The van der Waals surface area contributed by atoms with Crippen LogP contribution in [0.4, 0.5) is 0 Å². The quantitative estimate of drug-likeness (QED) is 0.0222. The van der Waals surface area contributed by atoms with Crippen molar-refractivity contribution in [1.29, 1.82) is 0 Å². The summed E-state index contributed by atoms with van der Waals surface area (Å²) in [5.74, 6) is -2.13. The van der Waals surface area contributed by atoms with Gasteiger partial charge >= 0.3 is 39.5 Å². The molecule has 0 amide bonds. The molecule has 0 aliphatic heterocycles. The van der Waals surface area contributed by atoms with Crippen molar-refractivity contribution >= 4 is 39.5 Å². The second-order valence-electron chi connectivity index (χ2n) is 24.6. The first kappa shape index (κ1) is 85.1. The minimum atomic E-state index is -4.95. The van der Waals surface area contributed by atoms with Crippen molar-refractivity contribution in [1.82, 2.24) is 0 Å². The normalized spacial score (nSPS) is 14.1. The van der Waals surface area contributed by atoms with Crippen LogP contribution in [0.2, 0.25) is 0 Å². The Morgan fingerprint density at radius 3 is 0.678 bits per heavy atom. The number of carbonyl (C=O) groups is 4. The van der Waals surface area contributed by atoms with Crippen LogP contribution < -0.4 is 0 Å². The lowest BCUT2D eigenvalue weighted by Crippen LogP contribution is -2.30. The Labute approximate surface area is 530 Å². The van der Waals surface area contributed by atoms with Crippen LogP contribution in [0.25, 0.3) is 0 Å². The van der Waals surface area contributed by atoms with Crippen LogP contribution in [0.5, 0.6) is 0 Å². The predicted molar refractivity (Wildman–Crippen MR) is 349 cm³/mol. The van der Waals surface area contributed by atoms with Crippen LogP contribution >= 0.6 is 15.6 Å². The van der Waals surface area contributed by atoms with Crippen LogP contribution in [0.15, 0.2) is 0 Å². The van der Waals surface area contributed by atoms with Gasteiger partial charge in [-0.2, -0.15) is 0 Å². The summed E-state index contributed by atoms with van der Waals surface area (Å²) in [4.78, 5) is 72.2. The van der Waals surface area contributed by atoms with Crippen molar-refractivity contribution in [3.63, 3.8) is 0 Å². The molecule has 0 bridgehead atoms. The molecule has 5 atom stereocenters. The summed E-state index contributed by atoms with van der Waals surface area (Å²) in [7, 11) is -9.88. The SMILES string of the molecule is CCCCCCCCCCCCCCCCCCCCC(=O)O[C@H](COC(=O)CCCCCCCCCCCCCC)COP(=O)(O)OC[C@@H](O)COP(=O)(O)OC[C@@H](COC(=O)CCCCCCC)OC(=O)CCCCCCCCCCCCCC. The summed E-state index contributed by atoms with van der Waals surface area (Å²) in [5, 5.41) is 10.5. The van der Waals surface area contributed by atoms with Crippen molar-refractivity contribution < 1.29 is 80.2 Å². The molecule has 0 heterocycles. The molecular formula is C68H132O17P2. The van der Waals surface area contributed by atoms with Crippen molar-refractivity contribution in [3.05, 3.63) is 0 Å². The van der Waals surface area contributed by atoms with E-state index >= 15 is 0 Å². The Hall–Kier alpha value is -1.94. The average Bonchev–Trinajstić information content (AvgIpc) is 3.61. The highest BCUT2D eigenvalue weighted by molar-refractivity contribution is 7.47. The van der Waals surface area contributed by atoms with E-state index in [1.165, 1.54) is 180 Å². The number of ether oxygens (including phenoxy) is 4. The number of esters is 4. The maximum Gasteiger partial charge on any atom is 0.472 e. The van der Waals surface area contributed by atoms with Crippen LogP contribution in [0, 0.1) is 0 Å². The van der Waals surface area contributed by atoms with Gasteiger partial charge in [0.15, 0.2) is 12.2 Å². The molecule has 87 heavy (non-hydrogen) atoms. The van der Waals surface area contributed by atoms with Gasteiger partial charge in [-0.25, -0.2) is 9.13 Å². The van der Waals surface area contributed by atoms with Crippen LogP contribution in [0.3, 0.4) is 0 Å². The molecule has 17 nitrogen and oxygen atoms in total. The predicted octanol–water partition coefficient (Wildman–Crippen LogP) is 19.5. The lowest BCUT2D eigenvalue weighted by molar-refractivity contribution is -0.161. The Bertz CT molecular complexity index is 1670. The molecule has 516 valence electrons. The van der Waals surface area contributed by atoms with E-state index in [1.54, 1.807) is 0 Å². The van der Waals surface area contributed by atoms with Crippen molar-refractivity contribution in [2.24, 2.45) is 0 Å². The van der Waals surface area contributed by atoms with Gasteiger partial charge in [-0.1, -0.05) is 304 Å². The number of phosphoric acid groups is 2. The van der Waals surface area contributed by atoms with Gasteiger partial charge in [0.2, 0.25) is 0 Å². The fourth-order valence-corrected chi connectivity index (χ4v) is 11.9. The Morgan fingerprint density at radius 2 is 0.460 bits per heavy atom. The molecule has 0 aromatic rings. The monoisotopic (exact) mass is 1280 g/mol. The van der Waals surface area contributed by atoms with Crippen LogP contribution in [0.1, 0.15) is 355 Å². The third-order valence-electron chi connectivity index (χ3n) is 15.9. The molecule has 0 aliphatic carbocycles. The number of rotatable bonds is 69. The molecule has 3 N–H and O–H groups in total. The fraction of sp³-hybridized carbons (Fsp3) is 0.941. The zero-order chi connectivity index (χ0) is 64.0. The van der Waals surface area contributed by atoms with Gasteiger partial charge in [-0.15, -0.1) is 0 Å². The highest BCUT2D eigenvalue weighted by atomic mass is 31.2. The number of hydrogen-bond donors (Lipinski definition) is 3. The van der Waals surface area contributed by atoms with Gasteiger partial charge in [0.25, 0.3) is 0 Å². The van der Waals surface area contributed by atoms with Gasteiger partial charge in [0.1, 0.15) is 19.3 Å². The lowest BCUT2D eigenvalue weighted by atomic mass is 10.0. The number of phosphoric ester groups is 2. The number of aliphatic hydroxyl groups is 1. The van der Waals surface area contributed by atoms with E-state index in [-0.39, 0.29) is 25.7 Å². The summed E-state index contributed by atoms with van der Waals surface area (Å²) >= 11 is 0. The zero-order valence-corrected chi connectivity index (χ0v) is 57.8. The molecule has 0 aliphatic rings. The fourth-order valence-electron chi connectivity index (χ4n) is 10.3. The van der Waals surface area contributed by atoms with Crippen molar-refractivity contribution in [2.75, 3.05) is 39.6 Å². The first-order valence-corrected chi connectivity index (χ1v) is 38.8. The maximum atomic E-state index is 13.0. The van der Waals surface area contributed by atoms with E-state index in [2.05, 4.69) is 27.7 Å². The van der Waals surface area contributed by atoms with E-state index in [9.17, 15) is 43.2 Å². The number of aliphatic hydroxyl groups excluding tert-OH is 1. The molecular weight excluding hydrogens is 1150 g/mol. The molecule has 0 aromatic carbocycles. The van der Waals surface area contributed by atoms with Gasteiger partial charge in [-0.3, -0.25) is 37.3 Å². The second-order valence-corrected chi connectivity index (χ2v) is 27.5. The molecule has 0 fully saturated rings. The van der Waals surface area contributed by atoms with E-state index in [1.807, 2.05) is 0 Å². The molecule has 0 saturated heterocycles. The number of hydrogen-bond acceptors (Lipinski definition) is 15. The molecule has 0 spiro atoms. The average molecular weight is 1280 g/mol. The third-order valence-corrected chi connectivity index (χ3v) is 17.8. The van der Waals surface area contributed by atoms with E-state index in [0.29, 0.717) is 25.7 Å². The Balaban J connectivity index is 5.14. The minimum Gasteiger partial charge on any atom is -0.462 e. The molecule has 0 rings (SSSR count). The van der Waals surface area contributed by atoms with E-state index < -0.39 is 97.5 Å². The summed E-state index contributed by atoms with van der Waals surface area (Å²) < 4.78 is 68.0. The lowest BCUT2D eigenvalue weighted by Gasteiger charge is -2.21. The first-order valence-electron chi connectivity index (χ1n) is 35.8. The largest absolute Gasteiger partial charge is 0.472 e. The smallest absolute Gasteiger partial charge is 0.462 e. The third kappa shape index (κ3) is 62.6. The zero-order valence-electron chi connectivity index (χ0n) is 56.0. The summed E-state index contributed by atoms with van der Waals surface area (Å²) in [5.41, 5.74) is 0. The van der Waals surface area contributed by atoms with E-state index in [4.69, 9.17) is 37.0 Å². The minimum absolute atomic E-state index is 0.107. The molecule has 0 aromatic heterocycles. The van der Waals surface area contributed by atoms with Gasteiger partial charge in [0.05, 0.1) is 26.4 Å². The highest BCUT2D eigenvalue weighted by Gasteiger charge is 2.30.